The number of aryl methyl sites for hydroxylation is 1. The van der Waals surface area contributed by atoms with Gasteiger partial charge in [-0.2, -0.15) is 5.10 Å². The fourth-order valence-electron chi connectivity index (χ4n) is 2.13. The SMILES string of the molecule is OCCCc1cn(Cc2ccn(-c3ccccc3)n2)nn1. The molecule has 2 aromatic heterocycles. The summed E-state index contributed by atoms with van der Waals surface area (Å²) >= 11 is 0. The lowest BCUT2D eigenvalue weighted by Gasteiger charge is -2.00. The molecular weight excluding hydrogens is 266 g/mol. The maximum Gasteiger partial charge on any atom is 0.0867 e. The molecule has 0 fully saturated rings. The van der Waals surface area contributed by atoms with Crippen molar-refractivity contribution in [3.05, 3.63) is 60.2 Å². The number of nitrogens with zero attached hydrogens (tertiary/aromatic N) is 5. The Hall–Kier alpha value is -2.47. The molecule has 0 aliphatic carbocycles. The van der Waals surface area contributed by atoms with Crippen LogP contribution in [0.4, 0.5) is 0 Å². The molecule has 3 rings (SSSR count). The topological polar surface area (TPSA) is 68.8 Å². The van der Waals surface area contributed by atoms with Crippen LogP contribution in [0.25, 0.3) is 5.69 Å². The Morgan fingerprint density at radius 1 is 1.05 bits per heavy atom. The van der Waals surface area contributed by atoms with Crippen LogP contribution in [0.5, 0.6) is 0 Å². The van der Waals surface area contributed by atoms with E-state index in [1.54, 1.807) is 4.68 Å². The monoisotopic (exact) mass is 283 g/mol. The van der Waals surface area contributed by atoms with Gasteiger partial charge in [-0.1, -0.05) is 23.4 Å². The predicted molar refractivity (Wildman–Crippen MR) is 78.1 cm³/mol. The molecule has 1 aromatic carbocycles. The lowest BCUT2D eigenvalue weighted by Crippen LogP contribution is -2.02. The van der Waals surface area contributed by atoms with Gasteiger partial charge in [0.15, 0.2) is 0 Å². The molecule has 0 spiro atoms. The van der Waals surface area contributed by atoms with Crippen molar-refractivity contribution in [2.75, 3.05) is 6.61 Å². The summed E-state index contributed by atoms with van der Waals surface area (Å²) in [4.78, 5) is 0. The fourth-order valence-corrected chi connectivity index (χ4v) is 2.13. The van der Waals surface area contributed by atoms with Gasteiger partial charge in [-0.3, -0.25) is 0 Å². The third-order valence-electron chi connectivity index (χ3n) is 3.17. The molecule has 0 aliphatic heterocycles. The highest BCUT2D eigenvalue weighted by molar-refractivity contribution is 5.30. The molecule has 6 nitrogen and oxygen atoms in total. The molecule has 0 saturated carbocycles. The lowest BCUT2D eigenvalue weighted by atomic mass is 10.3. The van der Waals surface area contributed by atoms with Gasteiger partial charge in [0.1, 0.15) is 0 Å². The number of benzene rings is 1. The molecule has 0 atom stereocenters. The average Bonchev–Trinajstić information content (AvgIpc) is 3.16. The van der Waals surface area contributed by atoms with Crippen molar-refractivity contribution in [3.8, 4) is 5.69 Å². The average molecular weight is 283 g/mol. The van der Waals surface area contributed by atoms with Gasteiger partial charge >= 0.3 is 0 Å². The zero-order chi connectivity index (χ0) is 14.5. The Bertz CT molecular complexity index is 689. The highest BCUT2D eigenvalue weighted by Crippen LogP contribution is 2.08. The van der Waals surface area contributed by atoms with Crippen molar-refractivity contribution in [3.63, 3.8) is 0 Å². The summed E-state index contributed by atoms with van der Waals surface area (Å²) in [5.74, 6) is 0. The summed E-state index contributed by atoms with van der Waals surface area (Å²) in [6.07, 6.45) is 5.29. The molecule has 21 heavy (non-hydrogen) atoms. The van der Waals surface area contributed by atoms with E-state index in [4.69, 9.17) is 5.11 Å². The molecule has 0 bridgehead atoms. The Morgan fingerprint density at radius 3 is 2.71 bits per heavy atom. The molecule has 108 valence electrons. The minimum Gasteiger partial charge on any atom is -0.396 e. The smallest absolute Gasteiger partial charge is 0.0867 e. The molecule has 0 amide bonds. The van der Waals surface area contributed by atoms with Crippen LogP contribution in [0.15, 0.2) is 48.8 Å². The second-order valence-electron chi connectivity index (χ2n) is 4.82. The van der Waals surface area contributed by atoms with Crippen molar-refractivity contribution in [1.29, 1.82) is 0 Å². The normalized spacial score (nSPS) is 10.9. The molecule has 0 radical (unpaired) electrons. The van der Waals surface area contributed by atoms with Crippen molar-refractivity contribution >= 4 is 0 Å². The van der Waals surface area contributed by atoms with Gasteiger partial charge in [-0.25, -0.2) is 9.36 Å². The van der Waals surface area contributed by atoms with E-state index in [-0.39, 0.29) is 6.61 Å². The molecular formula is C15H17N5O. The maximum absolute atomic E-state index is 8.81. The number of hydrogen-bond donors (Lipinski definition) is 1. The molecule has 0 saturated heterocycles. The zero-order valence-corrected chi connectivity index (χ0v) is 11.6. The van der Waals surface area contributed by atoms with Gasteiger partial charge in [0.25, 0.3) is 0 Å². The minimum absolute atomic E-state index is 0.175. The van der Waals surface area contributed by atoms with Crippen LogP contribution in [-0.4, -0.2) is 36.5 Å². The summed E-state index contributed by atoms with van der Waals surface area (Å²) < 4.78 is 3.61. The Labute approximate surface area is 122 Å². The third kappa shape index (κ3) is 3.35. The zero-order valence-electron chi connectivity index (χ0n) is 11.6. The molecule has 6 heteroatoms. The van der Waals surface area contributed by atoms with E-state index in [9.17, 15) is 0 Å². The first kappa shape index (κ1) is 13.5. The summed E-state index contributed by atoms with van der Waals surface area (Å²) in [7, 11) is 0. The second kappa shape index (κ2) is 6.32. The highest BCUT2D eigenvalue weighted by Gasteiger charge is 2.05. The Morgan fingerprint density at radius 2 is 1.90 bits per heavy atom. The highest BCUT2D eigenvalue weighted by atomic mass is 16.2. The van der Waals surface area contributed by atoms with Gasteiger partial charge in [-0.05, 0) is 31.0 Å². The number of rotatable bonds is 6. The van der Waals surface area contributed by atoms with Gasteiger partial charge in [-0.15, -0.1) is 5.10 Å². The van der Waals surface area contributed by atoms with E-state index in [1.807, 2.05) is 53.5 Å². The van der Waals surface area contributed by atoms with Crippen molar-refractivity contribution < 1.29 is 5.11 Å². The molecule has 0 unspecified atom stereocenters. The van der Waals surface area contributed by atoms with Crippen LogP contribution in [0.3, 0.4) is 0 Å². The van der Waals surface area contributed by atoms with E-state index >= 15 is 0 Å². The maximum atomic E-state index is 8.81. The fraction of sp³-hybridized carbons (Fsp3) is 0.267. The van der Waals surface area contributed by atoms with Gasteiger partial charge in [0, 0.05) is 19.0 Å². The number of hydrogen-bond acceptors (Lipinski definition) is 4. The Balaban J connectivity index is 1.68. The van der Waals surface area contributed by atoms with E-state index in [2.05, 4.69) is 15.4 Å². The second-order valence-corrected chi connectivity index (χ2v) is 4.82. The molecule has 0 aliphatic rings. The lowest BCUT2D eigenvalue weighted by molar-refractivity contribution is 0.288. The van der Waals surface area contributed by atoms with Crippen LogP contribution in [0, 0.1) is 0 Å². The molecule has 1 N–H and O–H groups in total. The van der Waals surface area contributed by atoms with Crippen LogP contribution in [0.1, 0.15) is 17.8 Å². The quantitative estimate of drug-likeness (QED) is 0.743. The first-order valence-electron chi connectivity index (χ1n) is 6.95. The largest absolute Gasteiger partial charge is 0.396 e. The van der Waals surface area contributed by atoms with Crippen molar-refractivity contribution in [2.24, 2.45) is 0 Å². The van der Waals surface area contributed by atoms with Gasteiger partial charge < -0.3 is 5.11 Å². The van der Waals surface area contributed by atoms with Crippen molar-refractivity contribution in [2.45, 2.75) is 19.4 Å². The van der Waals surface area contributed by atoms with E-state index in [1.165, 1.54) is 0 Å². The standard InChI is InChI=1S/C15H17N5O/c21-10-4-5-13-11-19(18-16-13)12-14-8-9-20(17-14)15-6-2-1-3-7-15/h1-3,6-9,11,21H,4-5,10,12H2. The summed E-state index contributed by atoms with van der Waals surface area (Å²) in [5, 5.41) is 21.5. The van der Waals surface area contributed by atoms with E-state index in [0.717, 1.165) is 23.5 Å². The number of aliphatic hydroxyl groups excluding tert-OH is 1. The number of aliphatic hydroxyl groups is 1. The van der Waals surface area contributed by atoms with Crippen LogP contribution >= 0.6 is 0 Å². The van der Waals surface area contributed by atoms with Crippen LogP contribution < -0.4 is 0 Å². The Kier molecular flexibility index (Phi) is 4.07. The van der Waals surface area contributed by atoms with Crippen molar-refractivity contribution in [1.82, 2.24) is 24.8 Å². The predicted octanol–water partition coefficient (Wildman–Crippen LogP) is 1.44. The molecule has 3 aromatic rings. The first-order chi connectivity index (χ1) is 10.3. The number of para-hydroxylation sites is 1. The van der Waals surface area contributed by atoms with E-state index < -0.39 is 0 Å². The van der Waals surface area contributed by atoms with Gasteiger partial charge in [0.2, 0.25) is 0 Å². The van der Waals surface area contributed by atoms with Gasteiger partial charge in [0.05, 0.1) is 23.6 Å². The summed E-state index contributed by atoms with van der Waals surface area (Å²) in [6, 6.07) is 12.0. The minimum atomic E-state index is 0.175. The first-order valence-corrected chi connectivity index (χ1v) is 6.95. The third-order valence-corrected chi connectivity index (χ3v) is 3.17. The summed E-state index contributed by atoms with van der Waals surface area (Å²) in [6.45, 7) is 0.764. The van der Waals surface area contributed by atoms with E-state index in [0.29, 0.717) is 13.0 Å². The van der Waals surface area contributed by atoms with Crippen LogP contribution in [-0.2, 0) is 13.0 Å². The number of aromatic nitrogens is 5. The molecule has 2 heterocycles. The summed E-state index contributed by atoms with van der Waals surface area (Å²) in [5.41, 5.74) is 2.86. The van der Waals surface area contributed by atoms with Crippen LogP contribution in [0.2, 0.25) is 0 Å².